The summed E-state index contributed by atoms with van der Waals surface area (Å²) in [6.45, 7) is 1.83. The minimum atomic E-state index is -3.62. The Morgan fingerprint density at radius 2 is 1.77 bits per heavy atom. The smallest absolute Gasteiger partial charge is 0.271 e. The zero-order chi connectivity index (χ0) is 21.6. The van der Waals surface area contributed by atoms with Crippen molar-refractivity contribution in [3.63, 3.8) is 0 Å². The standard InChI is InChI=1S/C21H21N3O4S2/c1-15(14-16-5-11-19(28-2)12-6-16)22-23-21(25)17-7-9-18(10-8-17)24-30(26,27)20-4-3-13-29-20/h3-13,24H,14H2,1-2H3,(H,23,25). The number of nitrogens with zero attached hydrogens (tertiary/aromatic N) is 1. The summed E-state index contributed by atoms with van der Waals surface area (Å²) in [5.41, 5.74) is 5.06. The molecular weight excluding hydrogens is 422 g/mol. The van der Waals surface area contributed by atoms with Crippen LogP contribution in [0.25, 0.3) is 0 Å². The van der Waals surface area contributed by atoms with Crippen molar-refractivity contribution < 1.29 is 17.9 Å². The van der Waals surface area contributed by atoms with E-state index in [4.69, 9.17) is 4.74 Å². The largest absolute Gasteiger partial charge is 0.497 e. The van der Waals surface area contributed by atoms with Gasteiger partial charge in [-0.15, -0.1) is 11.3 Å². The summed E-state index contributed by atoms with van der Waals surface area (Å²) in [5.74, 6) is 0.402. The number of carbonyl (C=O) groups is 1. The van der Waals surface area contributed by atoms with E-state index in [0.29, 0.717) is 17.7 Å². The number of hydrazone groups is 1. The first-order valence-corrected chi connectivity index (χ1v) is 11.4. The highest BCUT2D eigenvalue weighted by Gasteiger charge is 2.15. The van der Waals surface area contributed by atoms with Gasteiger partial charge in [-0.1, -0.05) is 18.2 Å². The number of hydrogen-bond acceptors (Lipinski definition) is 6. The summed E-state index contributed by atoms with van der Waals surface area (Å²) in [6, 6.07) is 17.0. The van der Waals surface area contributed by atoms with E-state index in [1.807, 2.05) is 31.2 Å². The van der Waals surface area contributed by atoms with Crippen molar-refractivity contribution in [1.82, 2.24) is 5.43 Å². The van der Waals surface area contributed by atoms with Crippen LogP contribution >= 0.6 is 11.3 Å². The normalized spacial score (nSPS) is 11.7. The highest BCUT2D eigenvalue weighted by atomic mass is 32.2. The first kappa shape index (κ1) is 21.5. The van der Waals surface area contributed by atoms with Gasteiger partial charge in [-0.3, -0.25) is 9.52 Å². The summed E-state index contributed by atoms with van der Waals surface area (Å²) in [7, 11) is -2.01. The van der Waals surface area contributed by atoms with Crippen molar-refractivity contribution >= 4 is 38.7 Å². The van der Waals surface area contributed by atoms with E-state index < -0.39 is 10.0 Å². The fourth-order valence-electron chi connectivity index (χ4n) is 2.60. The molecule has 0 saturated carbocycles. The Hall–Kier alpha value is -3.17. The Bertz CT molecular complexity index is 1120. The molecule has 0 radical (unpaired) electrons. The van der Waals surface area contributed by atoms with Gasteiger partial charge in [0.2, 0.25) is 0 Å². The maximum absolute atomic E-state index is 12.3. The van der Waals surface area contributed by atoms with Gasteiger partial charge < -0.3 is 4.74 Å². The molecule has 0 atom stereocenters. The van der Waals surface area contributed by atoms with Crippen LogP contribution in [-0.2, 0) is 16.4 Å². The molecule has 0 spiro atoms. The predicted molar refractivity (Wildman–Crippen MR) is 119 cm³/mol. The number of methoxy groups -OCH3 is 1. The van der Waals surface area contributed by atoms with Gasteiger partial charge in [-0.25, -0.2) is 13.8 Å². The van der Waals surface area contributed by atoms with E-state index in [2.05, 4.69) is 15.2 Å². The molecule has 3 aromatic rings. The summed E-state index contributed by atoms with van der Waals surface area (Å²) in [6.07, 6.45) is 0.591. The highest BCUT2D eigenvalue weighted by molar-refractivity contribution is 7.94. The van der Waals surface area contributed by atoms with Gasteiger partial charge >= 0.3 is 0 Å². The van der Waals surface area contributed by atoms with E-state index in [0.717, 1.165) is 28.4 Å². The van der Waals surface area contributed by atoms with Crippen molar-refractivity contribution in [2.24, 2.45) is 5.10 Å². The van der Waals surface area contributed by atoms with Crippen LogP contribution in [0.3, 0.4) is 0 Å². The van der Waals surface area contributed by atoms with Crippen LogP contribution in [-0.4, -0.2) is 27.1 Å². The van der Waals surface area contributed by atoms with E-state index in [1.54, 1.807) is 18.6 Å². The molecule has 1 heterocycles. The number of hydrogen-bond donors (Lipinski definition) is 2. The van der Waals surface area contributed by atoms with Crippen LogP contribution in [0.1, 0.15) is 22.8 Å². The molecule has 1 amide bonds. The molecule has 0 unspecified atom stereocenters. The predicted octanol–water partition coefficient (Wildman–Crippen LogP) is 3.91. The van der Waals surface area contributed by atoms with Gasteiger partial charge in [0.1, 0.15) is 9.96 Å². The number of sulfonamides is 1. The highest BCUT2D eigenvalue weighted by Crippen LogP contribution is 2.20. The maximum atomic E-state index is 12.3. The Kier molecular flexibility index (Phi) is 6.86. The topological polar surface area (TPSA) is 96.9 Å². The van der Waals surface area contributed by atoms with Crippen molar-refractivity contribution in [3.8, 4) is 5.75 Å². The van der Waals surface area contributed by atoms with Gasteiger partial charge in [0, 0.05) is 23.4 Å². The molecule has 2 aromatic carbocycles. The summed E-state index contributed by atoms with van der Waals surface area (Å²) in [5, 5.41) is 5.82. The molecule has 0 bridgehead atoms. The minimum absolute atomic E-state index is 0.228. The lowest BCUT2D eigenvalue weighted by Gasteiger charge is -2.07. The van der Waals surface area contributed by atoms with Crippen LogP contribution in [0.15, 0.2) is 75.4 Å². The third-order valence-electron chi connectivity index (χ3n) is 4.13. The van der Waals surface area contributed by atoms with Gasteiger partial charge in [0.05, 0.1) is 7.11 Å². The second-order valence-electron chi connectivity index (χ2n) is 6.43. The van der Waals surface area contributed by atoms with E-state index in [9.17, 15) is 13.2 Å². The molecule has 2 N–H and O–H groups in total. The molecule has 0 aliphatic carbocycles. The van der Waals surface area contributed by atoms with Crippen LogP contribution < -0.4 is 14.9 Å². The van der Waals surface area contributed by atoms with Crippen LogP contribution in [0.4, 0.5) is 5.69 Å². The van der Waals surface area contributed by atoms with E-state index in [-0.39, 0.29) is 10.1 Å². The third kappa shape index (κ3) is 5.68. The lowest BCUT2D eigenvalue weighted by Crippen LogP contribution is -2.19. The number of ether oxygens (including phenoxy) is 1. The fourth-order valence-corrected chi connectivity index (χ4v) is 4.65. The van der Waals surface area contributed by atoms with Crippen LogP contribution in [0.5, 0.6) is 5.75 Å². The lowest BCUT2D eigenvalue weighted by molar-refractivity contribution is 0.0954. The molecule has 7 nitrogen and oxygen atoms in total. The number of benzene rings is 2. The Balaban J connectivity index is 1.58. The van der Waals surface area contributed by atoms with Crippen LogP contribution in [0.2, 0.25) is 0 Å². The van der Waals surface area contributed by atoms with Gasteiger partial charge in [-0.05, 0) is 60.3 Å². The molecular formula is C21H21N3O4S2. The first-order chi connectivity index (χ1) is 14.4. The zero-order valence-electron chi connectivity index (χ0n) is 16.5. The monoisotopic (exact) mass is 443 g/mol. The minimum Gasteiger partial charge on any atom is -0.497 e. The number of amides is 1. The third-order valence-corrected chi connectivity index (χ3v) is 6.91. The molecule has 9 heteroatoms. The second kappa shape index (κ2) is 9.55. The van der Waals surface area contributed by atoms with Crippen LogP contribution in [0, 0.1) is 0 Å². The second-order valence-corrected chi connectivity index (χ2v) is 9.28. The summed E-state index contributed by atoms with van der Waals surface area (Å²) in [4.78, 5) is 12.3. The molecule has 3 rings (SSSR count). The summed E-state index contributed by atoms with van der Waals surface area (Å²) < 4.78 is 32.3. The number of carbonyl (C=O) groups excluding carboxylic acids is 1. The van der Waals surface area contributed by atoms with Gasteiger partial charge in [0.25, 0.3) is 15.9 Å². The average molecular weight is 444 g/mol. The maximum Gasteiger partial charge on any atom is 0.271 e. The fraction of sp³-hybridized carbons (Fsp3) is 0.143. The molecule has 0 aliphatic heterocycles. The number of thiophene rings is 1. The molecule has 1 aromatic heterocycles. The van der Waals surface area contributed by atoms with Crippen molar-refractivity contribution in [3.05, 3.63) is 77.2 Å². The number of rotatable bonds is 8. The van der Waals surface area contributed by atoms with Crippen molar-refractivity contribution in [1.29, 1.82) is 0 Å². The van der Waals surface area contributed by atoms with Crippen molar-refractivity contribution in [2.75, 3.05) is 11.8 Å². The van der Waals surface area contributed by atoms with E-state index >= 15 is 0 Å². The lowest BCUT2D eigenvalue weighted by atomic mass is 10.1. The Morgan fingerprint density at radius 1 is 1.07 bits per heavy atom. The Morgan fingerprint density at radius 3 is 2.37 bits per heavy atom. The molecule has 0 fully saturated rings. The number of nitrogens with one attached hydrogen (secondary N) is 2. The van der Waals surface area contributed by atoms with E-state index in [1.165, 1.54) is 30.3 Å². The average Bonchev–Trinajstić information content (AvgIpc) is 3.29. The number of anilines is 1. The molecule has 0 saturated heterocycles. The Labute approximate surface area is 179 Å². The molecule has 156 valence electrons. The SMILES string of the molecule is COc1ccc(CC(C)=NNC(=O)c2ccc(NS(=O)(=O)c3cccs3)cc2)cc1. The first-order valence-electron chi connectivity index (χ1n) is 9.00. The molecule has 0 aliphatic rings. The van der Waals surface area contributed by atoms with Gasteiger partial charge in [-0.2, -0.15) is 5.10 Å². The van der Waals surface area contributed by atoms with Crippen molar-refractivity contribution in [2.45, 2.75) is 17.6 Å². The van der Waals surface area contributed by atoms with Gasteiger partial charge in [0.15, 0.2) is 0 Å². The summed E-state index contributed by atoms with van der Waals surface area (Å²) >= 11 is 1.13. The molecule has 30 heavy (non-hydrogen) atoms. The zero-order valence-corrected chi connectivity index (χ0v) is 18.1. The quantitative estimate of drug-likeness (QED) is 0.408.